The van der Waals surface area contributed by atoms with Crippen LogP contribution in [-0.4, -0.2) is 6.69 Å². The van der Waals surface area contributed by atoms with Crippen molar-refractivity contribution in [2.24, 2.45) is 0 Å². The Kier molecular flexibility index (Phi) is 4.53. The summed E-state index contributed by atoms with van der Waals surface area (Å²) in [6, 6.07) is 5.04. The number of hydrogen-bond donors (Lipinski definition) is 0. The summed E-state index contributed by atoms with van der Waals surface area (Å²) in [6.45, 7) is -2.68. The van der Waals surface area contributed by atoms with Crippen molar-refractivity contribution >= 4 is 34.0 Å². The van der Waals surface area contributed by atoms with E-state index in [1.807, 2.05) is 0 Å². The minimum Gasteiger partial charge on any atom is -0.166 e. The number of alkyl halides is 3. The average Bonchev–Trinajstić information content (AvgIpc) is 2.39. The summed E-state index contributed by atoms with van der Waals surface area (Å²) >= 11 is 13.1. The Hall–Kier alpha value is -0.193. The highest BCUT2D eigenvalue weighted by Crippen LogP contribution is 2.41. The van der Waals surface area contributed by atoms with Crippen LogP contribution in [0.1, 0.15) is 37.7 Å². The van der Waals surface area contributed by atoms with Gasteiger partial charge in [0.1, 0.15) is 0 Å². The molecule has 0 saturated heterocycles. The number of hydrogen-bond acceptors (Lipinski definition) is 0. The van der Waals surface area contributed by atoms with Gasteiger partial charge in [-0.3, -0.25) is 0 Å². The lowest BCUT2D eigenvalue weighted by Gasteiger charge is -2.31. The van der Waals surface area contributed by atoms with Crippen molar-refractivity contribution in [2.45, 2.75) is 43.8 Å². The zero-order valence-corrected chi connectivity index (χ0v) is 12.8. The Bertz CT molecular complexity index is 423. The third-order valence-corrected chi connectivity index (χ3v) is 9.58. The molecule has 0 aliphatic heterocycles. The molecule has 0 amide bonds. The summed E-state index contributed by atoms with van der Waals surface area (Å²) in [5.74, 6) is 0. The van der Waals surface area contributed by atoms with Gasteiger partial charge in [-0.25, -0.2) is 0 Å². The second-order valence-electron chi connectivity index (χ2n) is 5.03. The monoisotopic (exact) mass is 326 g/mol. The van der Waals surface area contributed by atoms with Gasteiger partial charge in [-0.15, -0.1) is 22.2 Å². The van der Waals surface area contributed by atoms with Crippen molar-refractivity contribution in [1.29, 1.82) is 0 Å². The predicted molar refractivity (Wildman–Crippen MR) is 75.4 cm³/mol. The lowest BCUT2D eigenvalue weighted by molar-refractivity contribution is -0.137. The Morgan fingerprint density at radius 3 is 1.95 bits per heavy atom. The van der Waals surface area contributed by atoms with Crippen LogP contribution in [0, 0.1) is 0 Å². The zero-order valence-electron chi connectivity index (χ0n) is 10.3. The second kappa shape index (κ2) is 5.66. The quantitative estimate of drug-likeness (QED) is 0.519. The number of halogens is 5. The van der Waals surface area contributed by atoms with Gasteiger partial charge in [-0.1, -0.05) is 56.4 Å². The van der Waals surface area contributed by atoms with Crippen LogP contribution in [0.2, 0.25) is 5.54 Å². The molecule has 0 atom stereocenters. The van der Waals surface area contributed by atoms with Crippen LogP contribution in [0.3, 0.4) is 0 Å². The van der Waals surface area contributed by atoms with E-state index in [1.54, 1.807) is 0 Å². The first-order valence-corrected chi connectivity index (χ1v) is 10.5. The zero-order chi connectivity index (χ0) is 14.1. The van der Waals surface area contributed by atoms with E-state index in [2.05, 4.69) is 0 Å². The minimum atomic E-state index is -4.31. The highest BCUT2D eigenvalue weighted by atomic mass is 35.7. The van der Waals surface area contributed by atoms with Crippen LogP contribution < -0.4 is 5.19 Å². The van der Waals surface area contributed by atoms with Crippen LogP contribution in [0.25, 0.3) is 0 Å². The molecule has 0 nitrogen and oxygen atoms in total. The Morgan fingerprint density at radius 1 is 0.947 bits per heavy atom. The first-order valence-electron chi connectivity index (χ1n) is 6.37. The standard InChI is InChI=1S/C13H15Cl2F3Si/c14-19(15,11-4-2-1-3-5-11)12-8-6-10(7-9-12)13(16,17)18/h6-9,11H,1-5H2. The topological polar surface area (TPSA) is 0 Å². The van der Waals surface area contributed by atoms with Crippen molar-refractivity contribution in [3.05, 3.63) is 29.8 Å². The van der Waals surface area contributed by atoms with E-state index in [9.17, 15) is 13.2 Å². The van der Waals surface area contributed by atoms with Crippen molar-refractivity contribution in [2.75, 3.05) is 0 Å². The predicted octanol–water partition coefficient (Wildman–Crippen LogP) is 5.17. The fourth-order valence-corrected chi connectivity index (χ4v) is 6.86. The molecule has 0 N–H and O–H groups in total. The van der Waals surface area contributed by atoms with E-state index in [1.165, 1.54) is 18.6 Å². The molecule has 0 radical (unpaired) electrons. The molecule has 1 aliphatic carbocycles. The van der Waals surface area contributed by atoms with Gasteiger partial charge in [0.15, 0.2) is 0 Å². The molecule has 1 fully saturated rings. The van der Waals surface area contributed by atoms with Crippen molar-refractivity contribution in [1.82, 2.24) is 0 Å². The SMILES string of the molecule is FC(F)(F)c1ccc([Si](Cl)(Cl)C2CCCCC2)cc1. The van der Waals surface area contributed by atoms with E-state index in [0.717, 1.165) is 37.8 Å². The summed E-state index contributed by atoms with van der Waals surface area (Å²) in [4.78, 5) is 0. The average molecular weight is 327 g/mol. The molecule has 0 bridgehead atoms. The Balaban J connectivity index is 2.20. The molecule has 19 heavy (non-hydrogen) atoms. The van der Waals surface area contributed by atoms with Crippen LogP contribution in [0.5, 0.6) is 0 Å². The minimum absolute atomic E-state index is 0.251. The van der Waals surface area contributed by atoms with E-state index >= 15 is 0 Å². The van der Waals surface area contributed by atoms with Gasteiger partial charge in [0.25, 0.3) is 6.69 Å². The molecule has 1 saturated carbocycles. The molecule has 1 aliphatic rings. The highest BCUT2D eigenvalue weighted by Gasteiger charge is 2.41. The summed E-state index contributed by atoms with van der Waals surface area (Å²) in [7, 11) is 0. The molecule has 1 aromatic rings. The van der Waals surface area contributed by atoms with Crippen molar-refractivity contribution in [3.63, 3.8) is 0 Å². The largest absolute Gasteiger partial charge is 0.416 e. The Morgan fingerprint density at radius 2 is 1.47 bits per heavy atom. The smallest absolute Gasteiger partial charge is 0.166 e. The summed E-state index contributed by atoms with van der Waals surface area (Å²) in [5, 5.41) is 0.690. The molecule has 0 spiro atoms. The first-order chi connectivity index (χ1) is 8.82. The van der Waals surface area contributed by atoms with Gasteiger partial charge < -0.3 is 0 Å². The molecule has 1 aromatic carbocycles. The Labute approximate surface area is 121 Å². The maximum Gasteiger partial charge on any atom is 0.416 e. The van der Waals surface area contributed by atoms with Gasteiger partial charge in [-0.2, -0.15) is 13.2 Å². The first kappa shape index (κ1) is 15.2. The lowest BCUT2D eigenvalue weighted by Crippen LogP contribution is -2.42. The molecular weight excluding hydrogens is 312 g/mol. The normalized spacial score (nSPS) is 18.6. The van der Waals surface area contributed by atoms with Crippen molar-refractivity contribution in [3.8, 4) is 0 Å². The number of benzene rings is 1. The third-order valence-electron chi connectivity index (χ3n) is 3.72. The summed E-state index contributed by atoms with van der Waals surface area (Å²) < 4.78 is 37.5. The fraction of sp³-hybridized carbons (Fsp3) is 0.538. The molecule has 0 unspecified atom stereocenters. The van der Waals surface area contributed by atoms with E-state index in [4.69, 9.17) is 22.2 Å². The summed E-state index contributed by atoms with van der Waals surface area (Å²) in [6.07, 6.45) is 1.08. The van der Waals surface area contributed by atoms with Gasteiger partial charge >= 0.3 is 6.18 Å². The molecule has 0 heterocycles. The molecule has 106 valence electrons. The van der Waals surface area contributed by atoms with Crippen molar-refractivity contribution < 1.29 is 13.2 Å². The van der Waals surface area contributed by atoms with Gasteiger partial charge in [0.05, 0.1) is 5.56 Å². The lowest BCUT2D eigenvalue weighted by atomic mass is 10.0. The molecule has 0 aromatic heterocycles. The van der Waals surface area contributed by atoms with Gasteiger partial charge in [-0.05, 0) is 10.7 Å². The van der Waals surface area contributed by atoms with Gasteiger partial charge in [0.2, 0.25) is 0 Å². The van der Waals surface area contributed by atoms with E-state index in [0.29, 0.717) is 5.19 Å². The maximum atomic E-state index is 12.5. The van der Waals surface area contributed by atoms with Crippen LogP contribution in [0.15, 0.2) is 24.3 Å². The van der Waals surface area contributed by atoms with E-state index in [-0.39, 0.29) is 5.54 Å². The van der Waals surface area contributed by atoms with Gasteiger partial charge in [0, 0.05) is 0 Å². The highest BCUT2D eigenvalue weighted by molar-refractivity contribution is 7.51. The van der Waals surface area contributed by atoms with Crippen LogP contribution in [0.4, 0.5) is 13.2 Å². The maximum absolute atomic E-state index is 12.5. The number of rotatable bonds is 2. The van der Waals surface area contributed by atoms with Crippen LogP contribution in [-0.2, 0) is 6.18 Å². The summed E-state index contributed by atoms with van der Waals surface area (Å²) in [5.41, 5.74) is -0.403. The molecule has 6 heteroatoms. The van der Waals surface area contributed by atoms with E-state index < -0.39 is 18.4 Å². The second-order valence-corrected chi connectivity index (χ2v) is 11.8. The molecule has 2 rings (SSSR count). The van der Waals surface area contributed by atoms with Crippen LogP contribution >= 0.6 is 22.2 Å². The third kappa shape index (κ3) is 3.47. The fourth-order valence-electron chi connectivity index (χ4n) is 2.58. The molecular formula is C13H15Cl2F3Si.